The lowest BCUT2D eigenvalue weighted by molar-refractivity contribution is 0.229. The molecule has 2 saturated heterocycles. The summed E-state index contributed by atoms with van der Waals surface area (Å²) in [6.45, 7) is 4.18. The lowest BCUT2D eigenvalue weighted by Gasteiger charge is -2.37. The molecule has 2 aromatic heterocycles. The number of anilines is 1. The topological polar surface area (TPSA) is 63.0 Å². The highest BCUT2D eigenvalue weighted by Gasteiger charge is 2.31. The van der Waals surface area contributed by atoms with Crippen LogP contribution in [0.15, 0.2) is 18.7 Å². The van der Waals surface area contributed by atoms with E-state index in [0.29, 0.717) is 17.9 Å². The van der Waals surface area contributed by atoms with Crippen molar-refractivity contribution in [1.82, 2.24) is 29.4 Å². The van der Waals surface area contributed by atoms with E-state index >= 15 is 0 Å². The zero-order valence-corrected chi connectivity index (χ0v) is 12.3. The first-order chi connectivity index (χ1) is 10.3. The average Bonchev–Trinajstić information content (AvgIpc) is 3.17. The lowest BCUT2D eigenvalue weighted by atomic mass is 10.2. The van der Waals surface area contributed by atoms with E-state index in [4.69, 9.17) is 11.6 Å². The fraction of sp³-hybridized carbons (Fsp3) is 0.538. The molecule has 110 valence electrons. The van der Waals surface area contributed by atoms with Crippen molar-refractivity contribution in [3.8, 4) is 5.95 Å². The Morgan fingerprint density at radius 1 is 1.10 bits per heavy atom. The summed E-state index contributed by atoms with van der Waals surface area (Å²) in [6.07, 6.45) is 7.68. The third-order valence-corrected chi connectivity index (χ3v) is 4.36. The van der Waals surface area contributed by atoms with Crippen LogP contribution >= 0.6 is 11.6 Å². The number of piperazine rings is 1. The van der Waals surface area contributed by atoms with Crippen molar-refractivity contribution in [2.45, 2.75) is 18.9 Å². The van der Waals surface area contributed by atoms with Gasteiger partial charge in [-0.1, -0.05) is 0 Å². The molecule has 4 heterocycles. The molecule has 7 nitrogen and oxygen atoms in total. The molecule has 0 spiro atoms. The van der Waals surface area contributed by atoms with Crippen LogP contribution in [0.3, 0.4) is 0 Å². The van der Waals surface area contributed by atoms with Crippen LogP contribution < -0.4 is 4.90 Å². The van der Waals surface area contributed by atoms with Gasteiger partial charge in [-0.2, -0.15) is 15.0 Å². The molecule has 1 unspecified atom stereocenters. The third-order valence-electron chi connectivity index (χ3n) is 4.19. The van der Waals surface area contributed by atoms with E-state index in [1.165, 1.54) is 19.4 Å². The van der Waals surface area contributed by atoms with Crippen LogP contribution in [-0.4, -0.2) is 61.6 Å². The van der Waals surface area contributed by atoms with E-state index in [2.05, 4.69) is 29.7 Å². The maximum Gasteiger partial charge on any atom is 0.241 e. The second kappa shape index (κ2) is 5.23. The fourth-order valence-corrected chi connectivity index (χ4v) is 3.29. The molecule has 1 atom stereocenters. The molecule has 0 amide bonds. The predicted octanol–water partition coefficient (Wildman–Crippen LogP) is 0.995. The van der Waals surface area contributed by atoms with Crippen molar-refractivity contribution in [3.05, 3.63) is 24.0 Å². The SMILES string of the molecule is Clc1nc(N2CCN3CCCC3C2)nc(-n2ccnc2)n1. The molecule has 2 aliphatic rings. The van der Waals surface area contributed by atoms with Gasteiger partial charge in [0.05, 0.1) is 0 Å². The number of nitrogens with zero attached hydrogens (tertiary/aromatic N) is 7. The fourth-order valence-electron chi connectivity index (χ4n) is 3.14. The molecule has 0 bridgehead atoms. The molecule has 0 aliphatic carbocycles. The Morgan fingerprint density at radius 3 is 2.86 bits per heavy atom. The second-order valence-corrected chi connectivity index (χ2v) is 5.79. The van der Waals surface area contributed by atoms with Gasteiger partial charge in [0.15, 0.2) is 0 Å². The number of halogens is 1. The molecular formula is C13H16ClN7. The first-order valence-corrected chi connectivity index (χ1v) is 7.56. The maximum atomic E-state index is 6.06. The normalized spacial score (nSPS) is 22.5. The van der Waals surface area contributed by atoms with Crippen molar-refractivity contribution < 1.29 is 0 Å². The molecule has 2 aromatic rings. The van der Waals surface area contributed by atoms with Crippen LogP contribution in [0.1, 0.15) is 12.8 Å². The van der Waals surface area contributed by atoms with Crippen LogP contribution in [0.2, 0.25) is 5.28 Å². The molecule has 0 aromatic carbocycles. The first kappa shape index (κ1) is 13.0. The minimum atomic E-state index is 0.220. The summed E-state index contributed by atoms with van der Waals surface area (Å²) in [5.74, 6) is 1.17. The number of imidazole rings is 1. The minimum Gasteiger partial charge on any atom is -0.338 e. The van der Waals surface area contributed by atoms with Gasteiger partial charge in [-0.05, 0) is 31.0 Å². The van der Waals surface area contributed by atoms with E-state index in [1.54, 1.807) is 23.3 Å². The predicted molar refractivity (Wildman–Crippen MR) is 78.8 cm³/mol. The Morgan fingerprint density at radius 2 is 2.00 bits per heavy atom. The third kappa shape index (κ3) is 2.47. The number of hydrogen-bond acceptors (Lipinski definition) is 6. The van der Waals surface area contributed by atoms with Gasteiger partial charge in [-0.15, -0.1) is 0 Å². The van der Waals surface area contributed by atoms with E-state index in [9.17, 15) is 0 Å². The molecule has 21 heavy (non-hydrogen) atoms. The summed E-state index contributed by atoms with van der Waals surface area (Å²) < 4.78 is 1.74. The number of hydrogen-bond donors (Lipinski definition) is 0. The summed E-state index contributed by atoms with van der Waals surface area (Å²) in [6, 6.07) is 0.617. The summed E-state index contributed by atoms with van der Waals surface area (Å²) >= 11 is 6.06. The molecule has 0 N–H and O–H groups in total. The Labute approximate surface area is 127 Å². The van der Waals surface area contributed by atoms with Crippen LogP contribution in [0, 0.1) is 0 Å². The number of aromatic nitrogens is 5. The zero-order valence-electron chi connectivity index (χ0n) is 11.6. The largest absolute Gasteiger partial charge is 0.338 e. The zero-order chi connectivity index (χ0) is 14.2. The Balaban J connectivity index is 1.63. The number of rotatable bonds is 2. The van der Waals surface area contributed by atoms with Gasteiger partial charge in [0, 0.05) is 38.1 Å². The summed E-state index contributed by atoms with van der Waals surface area (Å²) in [5.41, 5.74) is 0. The van der Waals surface area contributed by atoms with Crippen LogP contribution in [-0.2, 0) is 0 Å². The monoisotopic (exact) mass is 305 g/mol. The second-order valence-electron chi connectivity index (χ2n) is 5.45. The van der Waals surface area contributed by atoms with E-state index in [0.717, 1.165) is 19.6 Å². The van der Waals surface area contributed by atoms with E-state index < -0.39 is 0 Å². The highest BCUT2D eigenvalue weighted by Crippen LogP contribution is 2.24. The van der Waals surface area contributed by atoms with E-state index in [1.807, 2.05) is 0 Å². The Kier molecular flexibility index (Phi) is 3.23. The highest BCUT2D eigenvalue weighted by atomic mass is 35.5. The molecule has 2 fully saturated rings. The average molecular weight is 306 g/mol. The molecule has 2 aliphatic heterocycles. The highest BCUT2D eigenvalue weighted by molar-refractivity contribution is 6.28. The molecular weight excluding hydrogens is 290 g/mol. The molecule has 4 rings (SSSR count). The van der Waals surface area contributed by atoms with Crippen molar-refractivity contribution >= 4 is 17.5 Å². The van der Waals surface area contributed by atoms with Crippen molar-refractivity contribution in [2.75, 3.05) is 31.1 Å². The van der Waals surface area contributed by atoms with Gasteiger partial charge in [-0.3, -0.25) is 9.47 Å². The Hall–Kier alpha value is -1.73. The first-order valence-electron chi connectivity index (χ1n) is 7.18. The number of fused-ring (bicyclic) bond motifs is 1. The maximum absolute atomic E-state index is 6.06. The summed E-state index contributed by atoms with van der Waals surface area (Å²) in [7, 11) is 0. The van der Waals surface area contributed by atoms with Gasteiger partial charge in [0.25, 0.3) is 0 Å². The minimum absolute atomic E-state index is 0.220. The van der Waals surface area contributed by atoms with Crippen LogP contribution in [0.25, 0.3) is 5.95 Å². The van der Waals surface area contributed by atoms with Gasteiger partial charge in [-0.25, -0.2) is 4.98 Å². The van der Waals surface area contributed by atoms with E-state index in [-0.39, 0.29) is 5.28 Å². The van der Waals surface area contributed by atoms with Crippen molar-refractivity contribution in [3.63, 3.8) is 0 Å². The lowest BCUT2D eigenvalue weighted by Crippen LogP contribution is -2.50. The van der Waals surface area contributed by atoms with Crippen LogP contribution in [0.5, 0.6) is 0 Å². The standard InChI is InChI=1S/C13H16ClN7/c14-11-16-12(18-13(17-11)21-5-3-15-9-21)20-7-6-19-4-1-2-10(19)8-20/h3,5,9-10H,1-2,4,6-8H2. The van der Waals surface area contributed by atoms with Gasteiger partial charge < -0.3 is 4.90 Å². The Bertz CT molecular complexity index is 629. The smallest absolute Gasteiger partial charge is 0.241 e. The van der Waals surface area contributed by atoms with Gasteiger partial charge in [0.1, 0.15) is 6.33 Å². The molecule has 0 radical (unpaired) electrons. The van der Waals surface area contributed by atoms with Crippen molar-refractivity contribution in [1.29, 1.82) is 0 Å². The molecule has 0 saturated carbocycles. The van der Waals surface area contributed by atoms with Gasteiger partial charge >= 0.3 is 0 Å². The van der Waals surface area contributed by atoms with Crippen molar-refractivity contribution in [2.24, 2.45) is 0 Å². The molecule has 8 heteroatoms. The quantitative estimate of drug-likeness (QED) is 0.825. The summed E-state index contributed by atoms with van der Waals surface area (Å²) in [4.78, 5) is 21.8. The van der Waals surface area contributed by atoms with Gasteiger partial charge in [0.2, 0.25) is 17.2 Å². The van der Waals surface area contributed by atoms with Crippen LogP contribution in [0.4, 0.5) is 5.95 Å². The summed E-state index contributed by atoms with van der Waals surface area (Å²) in [5, 5.41) is 0.220.